The number of hydrogen-bond donors (Lipinski definition) is 1. The van der Waals surface area contributed by atoms with Crippen molar-refractivity contribution in [1.29, 1.82) is 0 Å². The van der Waals surface area contributed by atoms with Crippen LogP contribution in [-0.4, -0.2) is 42.4 Å². The van der Waals surface area contributed by atoms with Crippen molar-refractivity contribution in [2.24, 2.45) is 4.99 Å². The number of esters is 1. The van der Waals surface area contributed by atoms with E-state index >= 15 is 0 Å². The molecule has 0 aliphatic carbocycles. The van der Waals surface area contributed by atoms with E-state index in [4.69, 9.17) is 18.6 Å². The number of thiazole rings is 1. The number of carboxylic acid groups (broad SMARTS) is 1. The number of ether oxygens (including phenoxy) is 3. The van der Waals surface area contributed by atoms with E-state index in [2.05, 4.69) is 20.9 Å². The van der Waals surface area contributed by atoms with Gasteiger partial charge in [0.05, 0.1) is 48.2 Å². The molecule has 0 amide bonds. The van der Waals surface area contributed by atoms with Crippen LogP contribution in [0, 0.1) is 0 Å². The average molecular weight is 654 g/mol. The fourth-order valence-electron chi connectivity index (χ4n) is 4.69. The minimum Gasteiger partial charge on any atom is -0.493 e. The van der Waals surface area contributed by atoms with E-state index in [9.17, 15) is 19.5 Å². The fourth-order valence-corrected chi connectivity index (χ4v) is 6.25. The zero-order valence-electron chi connectivity index (χ0n) is 23.0. The number of carboxylic acids is 1. The van der Waals surface area contributed by atoms with Gasteiger partial charge in [-0.2, -0.15) is 0 Å². The van der Waals surface area contributed by atoms with Gasteiger partial charge >= 0.3 is 11.9 Å². The number of methoxy groups -OCH3 is 2. The lowest BCUT2D eigenvalue weighted by atomic mass is 9.95. The van der Waals surface area contributed by atoms with Gasteiger partial charge in [0.2, 0.25) is 0 Å². The van der Waals surface area contributed by atoms with Crippen molar-refractivity contribution in [3.8, 4) is 22.8 Å². The van der Waals surface area contributed by atoms with Crippen LogP contribution in [0.3, 0.4) is 0 Å². The van der Waals surface area contributed by atoms with Crippen molar-refractivity contribution in [2.75, 3.05) is 20.8 Å². The fraction of sp³-hybridized carbons (Fsp3) is 0.200. The number of aromatic carboxylic acids is 1. The number of carbonyl (C=O) groups is 2. The number of benzene rings is 2. The zero-order chi connectivity index (χ0) is 30.1. The molecule has 2 aromatic carbocycles. The van der Waals surface area contributed by atoms with Gasteiger partial charge in [0, 0.05) is 16.1 Å². The summed E-state index contributed by atoms with van der Waals surface area (Å²) in [6.45, 7) is 3.56. The molecule has 0 saturated carbocycles. The molecule has 0 saturated heterocycles. The van der Waals surface area contributed by atoms with Crippen molar-refractivity contribution >= 4 is 45.3 Å². The van der Waals surface area contributed by atoms with Gasteiger partial charge in [0.15, 0.2) is 16.3 Å². The molecule has 5 rings (SSSR count). The Morgan fingerprint density at radius 1 is 1.14 bits per heavy atom. The third-order valence-corrected chi connectivity index (χ3v) is 8.28. The maximum absolute atomic E-state index is 13.9. The molecule has 216 valence electrons. The van der Waals surface area contributed by atoms with Crippen molar-refractivity contribution in [3.63, 3.8) is 0 Å². The Hall–Kier alpha value is -4.42. The van der Waals surface area contributed by atoms with Gasteiger partial charge in [-0.15, -0.1) is 0 Å². The minimum absolute atomic E-state index is 0.132. The van der Waals surface area contributed by atoms with Gasteiger partial charge < -0.3 is 23.7 Å². The van der Waals surface area contributed by atoms with Gasteiger partial charge in [-0.1, -0.05) is 39.4 Å². The molecule has 1 N–H and O–H groups in total. The molecule has 1 aliphatic rings. The monoisotopic (exact) mass is 652 g/mol. The predicted molar refractivity (Wildman–Crippen MR) is 159 cm³/mol. The highest BCUT2D eigenvalue weighted by atomic mass is 79.9. The molecule has 12 heteroatoms. The molecule has 2 aromatic heterocycles. The van der Waals surface area contributed by atoms with Crippen molar-refractivity contribution < 1.29 is 33.3 Å². The van der Waals surface area contributed by atoms with Crippen molar-refractivity contribution in [1.82, 2.24) is 4.57 Å². The number of fused-ring (bicyclic) bond motifs is 1. The molecule has 42 heavy (non-hydrogen) atoms. The quantitative estimate of drug-likeness (QED) is 0.275. The second-order valence-corrected chi connectivity index (χ2v) is 11.0. The van der Waals surface area contributed by atoms with E-state index in [1.54, 1.807) is 56.3 Å². The molecule has 0 unspecified atom stereocenters. The minimum atomic E-state index is -1.04. The molecule has 3 heterocycles. The number of allylic oxidation sites excluding steroid dienone is 1. The molecule has 0 spiro atoms. The number of furan rings is 1. The van der Waals surface area contributed by atoms with Crippen LogP contribution in [0.2, 0.25) is 0 Å². The normalized spacial score (nSPS) is 14.8. The Labute approximate surface area is 251 Å². The summed E-state index contributed by atoms with van der Waals surface area (Å²) in [5, 5.41) is 9.31. The van der Waals surface area contributed by atoms with E-state index in [1.807, 2.05) is 0 Å². The molecular weight excluding hydrogens is 628 g/mol. The smallest absolute Gasteiger partial charge is 0.338 e. The topological polar surface area (TPSA) is 130 Å². The summed E-state index contributed by atoms with van der Waals surface area (Å²) >= 11 is 4.74. The van der Waals surface area contributed by atoms with E-state index in [1.165, 1.54) is 30.9 Å². The molecule has 10 nitrogen and oxygen atoms in total. The van der Waals surface area contributed by atoms with E-state index in [-0.39, 0.29) is 23.3 Å². The maximum atomic E-state index is 13.9. The Balaban J connectivity index is 1.67. The first-order valence-electron chi connectivity index (χ1n) is 12.7. The Kier molecular flexibility index (Phi) is 8.19. The van der Waals surface area contributed by atoms with Crippen molar-refractivity contribution in [3.05, 3.63) is 101 Å². The van der Waals surface area contributed by atoms with E-state index < -0.39 is 18.0 Å². The Bertz CT molecular complexity index is 1930. The summed E-state index contributed by atoms with van der Waals surface area (Å²) in [6.07, 6.45) is 1.60. The first-order chi connectivity index (χ1) is 20.2. The molecule has 0 radical (unpaired) electrons. The molecule has 0 bridgehead atoms. The predicted octanol–water partition coefficient (Wildman–Crippen LogP) is 4.54. The largest absolute Gasteiger partial charge is 0.493 e. The summed E-state index contributed by atoms with van der Waals surface area (Å²) in [7, 11) is 3.02. The number of carbonyl (C=O) groups excluding carboxylic acids is 1. The second kappa shape index (κ2) is 11.8. The lowest BCUT2D eigenvalue weighted by molar-refractivity contribution is -0.139. The number of hydrogen-bond acceptors (Lipinski definition) is 9. The van der Waals surface area contributed by atoms with Gasteiger partial charge in [-0.3, -0.25) is 9.36 Å². The Morgan fingerprint density at radius 3 is 2.57 bits per heavy atom. The first kappa shape index (κ1) is 29.1. The highest BCUT2D eigenvalue weighted by Gasteiger charge is 2.35. The van der Waals surface area contributed by atoms with Gasteiger partial charge in [-0.05, 0) is 55.8 Å². The van der Waals surface area contributed by atoms with Crippen LogP contribution in [0.5, 0.6) is 11.5 Å². The van der Waals surface area contributed by atoms with Gasteiger partial charge in [0.25, 0.3) is 5.56 Å². The first-order valence-corrected chi connectivity index (χ1v) is 14.3. The third kappa shape index (κ3) is 5.30. The zero-order valence-corrected chi connectivity index (χ0v) is 25.4. The number of nitrogens with zero attached hydrogens (tertiary/aromatic N) is 2. The van der Waals surface area contributed by atoms with Crippen LogP contribution >= 0.6 is 27.3 Å². The summed E-state index contributed by atoms with van der Waals surface area (Å²) < 4.78 is 24.6. The maximum Gasteiger partial charge on any atom is 0.338 e. The van der Waals surface area contributed by atoms with E-state index in [0.717, 1.165) is 11.3 Å². The molecule has 4 aromatic rings. The molecule has 0 fully saturated rings. The number of halogens is 1. The van der Waals surface area contributed by atoms with Gasteiger partial charge in [-0.25, -0.2) is 14.6 Å². The standard InChI is InChI=1S/C30H25BrN2O8S/c1-5-40-29(37)25-15(2)32-30-33(26(25)19-13-22(38-3)23(39-4)14-20(19)31)27(34)24(42-30)12-18-9-10-21(41-18)16-7-6-8-17(11-16)28(35)36/h6-14,26H,5H2,1-4H3,(H,35,36)/b24-12-/t26-/m1/s1. The molecule has 1 aliphatic heterocycles. The average Bonchev–Trinajstić information content (AvgIpc) is 3.56. The third-order valence-electron chi connectivity index (χ3n) is 6.61. The number of aromatic nitrogens is 1. The van der Waals surface area contributed by atoms with Crippen LogP contribution in [0.25, 0.3) is 17.4 Å². The Morgan fingerprint density at radius 2 is 1.88 bits per heavy atom. The highest BCUT2D eigenvalue weighted by molar-refractivity contribution is 9.10. The SMILES string of the molecule is CCOC(=O)C1=C(C)N=c2s/c(=C\c3ccc(-c4cccc(C(=O)O)c4)o3)c(=O)n2[C@@H]1c1cc(OC)c(OC)cc1Br. The highest BCUT2D eigenvalue weighted by Crippen LogP contribution is 2.40. The van der Waals surface area contributed by atoms with Crippen LogP contribution in [0.15, 0.2) is 78.5 Å². The number of rotatable bonds is 8. The van der Waals surface area contributed by atoms with Crippen LogP contribution in [0.4, 0.5) is 0 Å². The summed E-state index contributed by atoms with van der Waals surface area (Å²) in [5.74, 6) is 0.106. The van der Waals surface area contributed by atoms with Gasteiger partial charge in [0.1, 0.15) is 11.5 Å². The molecule has 1 atom stereocenters. The summed E-state index contributed by atoms with van der Waals surface area (Å²) in [6, 6.07) is 12.3. The summed E-state index contributed by atoms with van der Waals surface area (Å²) in [4.78, 5) is 43.5. The summed E-state index contributed by atoms with van der Waals surface area (Å²) in [5.41, 5.74) is 1.56. The van der Waals surface area contributed by atoms with Crippen LogP contribution in [-0.2, 0) is 9.53 Å². The van der Waals surface area contributed by atoms with Crippen LogP contribution in [0.1, 0.15) is 41.6 Å². The lowest BCUT2D eigenvalue weighted by Gasteiger charge is -2.26. The van der Waals surface area contributed by atoms with Crippen LogP contribution < -0.4 is 24.4 Å². The molecular formula is C30H25BrN2O8S. The lowest BCUT2D eigenvalue weighted by Crippen LogP contribution is -2.40. The second-order valence-electron chi connectivity index (χ2n) is 9.12. The van der Waals surface area contributed by atoms with Crippen molar-refractivity contribution in [2.45, 2.75) is 19.9 Å². The van der Waals surface area contributed by atoms with E-state index in [0.29, 0.717) is 53.6 Å².